The zero-order valence-corrected chi connectivity index (χ0v) is 9.08. The van der Waals surface area contributed by atoms with E-state index in [4.69, 9.17) is 16.9 Å². The summed E-state index contributed by atoms with van der Waals surface area (Å²) in [6.45, 7) is 1.70. The van der Waals surface area contributed by atoms with Crippen LogP contribution < -0.4 is 0 Å². The van der Waals surface area contributed by atoms with E-state index < -0.39 is 5.38 Å². The normalized spacial score (nSPS) is 26.5. The van der Waals surface area contributed by atoms with Gasteiger partial charge in [0.15, 0.2) is 0 Å². The third-order valence-electron chi connectivity index (χ3n) is 2.74. The number of hydrogen-bond acceptors (Lipinski definition) is 3. The number of hydrogen-bond donors (Lipinski definition) is 1. The maximum absolute atomic E-state index is 9.20. The third-order valence-corrected chi connectivity index (χ3v) is 2.98. The van der Waals surface area contributed by atoms with Crippen LogP contribution >= 0.6 is 11.6 Å². The fourth-order valence-corrected chi connectivity index (χ4v) is 2.11. The van der Waals surface area contributed by atoms with Crippen molar-refractivity contribution in [2.45, 2.75) is 37.1 Å². The molecule has 1 rings (SSSR count). The second-order valence-corrected chi connectivity index (χ2v) is 4.30. The predicted octanol–water partition coefficient (Wildman–Crippen LogP) is 1.35. The van der Waals surface area contributed by atoms with Crippen molar-refractivity contribution in [3.05, 3.63) is 0 Å². The molecule has 1 heterocycles. The summed E-state index contributed by atoms with van der Waals surface area (Å²) in [6, 6.07) is 2.22. The number of aliphatic hydroxyl groups excluding tert-OH is 1. The molecule has 4 heteroatoms. The maximum Gasteiger partial charge on any atom is 0.133 e. The largest absolute Gasteiger partial charge is 0.395 e. The zero-order valence-electron chi connectivity index (χ0n) is 8.32. The molecule has 80 valence electrons. The monoisotopic (exact) mass is 216 g/mol. The standard InChI is InChI=1S/C10H17ClN2O/c11-9(6-12)7-13-5-3-1-2-4-10(13)8-14/h9-10,14H,1-5,7-8H2. The van der Waals surface area contributed by atoms with Crippen molar-refractivity contribution in [2.24, 2.45) is 0 Å². The van der Waals surface area contributed by atoms with E-state index in [2.05, 4.69) is 4.90 Å². The molecule has 0 radical (unpaired) electrons. The number of halogens is 1. The van der Waals surface area contributed by atoms with Gasteiger partial charge in [-0.2, -0.15) is 5.26 Å². The highest BCUT2D eigenvalue weighted by Crippen LogP contribution is 2.17. The average Bonchev–Trinajstić information content (AvgIpc) is 2.42. The van der Waals surface area contributed by atoms with E-state index in [0.717, 1.165) is 19.4 Å². The van der Waals surface area contributed by atoms with Crippen molar-refractivity contribution in [2.75, 3.05) is 19.7 Å². The first-order valence-corrected chi connectivity index (χ1v) is 5.60. The van der Waals surface area contributed by atoms with Crippen LogP contribution in [0.2, 0.25) is 0 Å². The summed E-state index contributed by atoms with van der Waals surface area (Å²) in [7, 11) is 0. The highest BCUT2D eigenvalue weighted by atomic mass is 35.5. The maximum atomic E-state index is 9.20. The average molecular weight is 217 g/mol. The van der Waals surface area contributed by atoms with Crippen molar-refractivity contribution in [3.63, 3.8) is 0 Å². The smallest absolute Gasteiger partial charge is 0.133 e. The first kappa shape index (κ1) is 11.8. The number of nitrogens with zero attached hydrogens (tertiary/aromatic N) is 2. The molecule has 0 saturated carbocycles. The lowest BCUT2D eigenvalue weighted by molar-refractivity contribution is 0.127. The van der Waals surface area contributed by atoms with Gasteiger partial charge in [0, 0.05) is 12.6 Å². The van der Waals surface area contributed by atoms with Crippen LogP contribution in [-0.4, -0.2) is 41.1 Å². The number of alkyl halides is 1. The molecule has 0 amide bonds. The fraction of sp³-hybridized carbons (Fsp3) is 0.900. The van der Waals surface area contributed by atoms with Crippen molar-refractivity contribution in [1.29, 1.82) is 5.26 Å². The van der Waals surface area contributed by atoms with Crippen molar-refractivity contribution in [3.8, 4) is 6.07 Å². The minimum absolute atomic E-state index is 0.176. The molecule has 1 fully saturated rings. The second-order valence-electron chi connectivity index (χ2n) is 3.78. The quantitative estimate of drug-likeness (QED) is 0.725. The summed E-state index contributed by atoms with van der Waals surface area (Å²) in [6.07, 6.45) is 4.55. The number of aliphatic hydroxyl groups is 1. The van der Waals surface area contributed by atoms with Gasteiger partial charge >= 0.3 is 0 Å². The molecule has 14 heavy (non-hydrogen) atoms. The Morgan fingerprint density at radius 3 is 2.93 bits per heavy atom. The molecule has 3 nitrogen and oxygen atoms in total. The van der Waals surface area contributed by atoms with Crippen LogP contribution in [0.3, 0.4) is 0 Å². The number of likely N-dealkylation sites (tertiary alicyclic amines) is 1. The van der Waals surface area contributed by atoms with Gasteiger partial charge in [-0.15, -0.1) is 11.6 Å². The molecule has 1 aliphatic rings. The Morgan fingerprint density at radius 2 is 2.29 bits per heavy atom. The number of nitriles is 1. The summed E-state index contributed by atoms with van der Waals surface area (Å²) in [5.41, 5.74) is 0. The Bertz CT molecular complexity index is 205. The van der Waals surface area contributed by atoms with Crippen LogP contribution in [-0.2, 0) is 0 Å². The van der Waals surface area contributed by atoms with Crippen molar-refractivity contribution >= 4 is 11.6 Å². The van der Waals surface area contributed by atoms with Gasteiger partial charge in [0.1, 0.15) is 5.38 Å². The molecule has 0 bridgehead atoms. The molecular formula is C10H17ClN2O. The lowest BCUT2D eigenvalue weighted by Crippen LogP contribution is -2.40. The predicted molar refractivity (Wildman–Crippen MR) is 56.2 cm³/mol. The number of rotatable bonds is 3. The van der Waals surface area contributed by atoms with Gasteiger partial charge in [-0.25, -0.2) is 0 Å². The van der Waals surface area contributed by atoms with E-state index in [1.54, 1.807) is 0 Å². The van der Waals surface area contributed by atoms with Crippen LogP contribution in [0.4, 0.5) is 0 Å². The molecule has 0 aliphatic carbocycles. The first-order chi connectivity index (χ1) is 6.77. The van der Waals surface area contributed by atoms with Gasteiger partial charge in [-0.05, 0) is 19.4 Å². The Labute approximate surface area is 90.3 Å². The van der Waals surface area contributed by atoms with E-state index in [0.29, 0.717) is 6.54 Å². The Hall–Kier alpha value is -0.300. The minimum atomic E-state index is -0.456. The van der Waals surface area contributed by atoms with Crippen LogP contribution in [0.5, 0.6) is 0 Å². The molecule has 0 spiro atoms. The molecule has 2 atom stereocenters. The summed E-state index contributed by atoms with van der Waals surface area (Å²) >= 11 is 5.79. The van der Waals surface area contributed by atoms with Gasteiger partial charge in [0.25, 0.3) is 0 Å². The summed E-state index contributed by atoms with van der Waals surface area (Å²) in [4.78, 5) is 2.15. The third kappa shape index (κ3) is 3.45. The summed E-state index contributed by atoms with van der Waals surface area (Å²) < 4.78 is 0. The van der Waals surface area contributed by atoms with Gasteiger partial charge in [0.2, 0.25) is 0 Å². The molecule has 2 unspecified atom stereocenters. The van der Waals surface area contributed by atoms with E-state index in [9.17, 15) is 5.11 Å². The van der Waals surface area contributed by atoms with E-state index in [1.165, 1.54) is 12.8 Å². The summed E-state index contributed by atoms with van der Waals surface area (Å²) in [5, 5.41) is 17.4. The highest BCUT2D eigenvalue weighted by molar-refractivity contribution is 6.22. The minimum Gasteiger partial charge on any atom is -0.395 e. The molecule has 1 saturated heterocycles. The Balaban J connectivity index is 2.48. The molecule has 1 N–H and O–H groups in total. The SMILES string of the molecule is N#CC(Cl)CN1CCCCCC1CO. The Kier molecular flexibility index (Phi) is 5.24. The zero-order chi connectivity index (χ0) is 10.4. The van der Waals surface area contributed by atoms with Crippen LogP contribution in [0.15, 0.2) is 0 Å². The lowest BCUT2D eigenvalue weighted by Gasteiger charge is -2.28. The van der Waals surface area contributed by atoms with Gasteiger partial charge < -0.3 is 5.11 Å². The van der Waals surface area contributed by atoms with Crippen molar-refractivity contribution < 1.29 is 5.11 Å². The molecule has 1 aliphatic heterocycles. The van der Waals surface area contributed by atoms with Crippen LogP contribution in [0.25, 0.3) is 0 Å². The van der Waals surface area contributed by atoms with E-state index in [-0.39, 0.29) is 12.6 Å². The lowest BCUT2D eigenvalue weighted by atomic mass is 10.1. The van der Waals surface area contributed by atoms with E-state index in [1.807, 2.05) is 6.07 Å². The molecular weight excluding hydrogens is 200 g/mol. The topological polar surface area (TPSA) is 47.3 Å². The fourth-order valence-electron chi connectivity index (χ4n) is 1.93. The van der Waals surface area contributed by atoms with Gasteiger partial charge in [-0.1, -0.05) is 12.8 Å². The summed E-state index contributed by atoms with van der Waals surface area (Å²) in [5.74, 6) is 0. The second kappa shape index (κ2) is 6.23. The van der Waals surface area contributed by atoms with Gasteiger partial charge in [-0.3, -0.25) is 4.90 Å². The van der Waals surface area contributed by atoms with Crippen molar-refractivity contribution in [1.82, 2.24) is 4.90 Å². The molecule has 0 aromatic heterocycles. The van der Waals surface area contributed by atoms with Gasteiger partial charge in [0.05, 0.1) is 12.7 Å². The van der Waals surface area contributed by atoms with Crippen LogP contribution in [0.1, 0.15) is 25.7 Å². The highest BCUT2D eigenvalue weighted by Gasteiger charge is 2.22. The van der Waals surface area contributed by atoms with Crippen LogP contribution in [0, 0.1) is 11.3 Å². The molecule has 0 aromatic carbocycles. The first-order valence-electron chi connectivity index (χ1n) is 5.16. The Morgan fingerprint density at radius 1 is 1.50 bits per heavy atom. The van der Waals surface area contributed by atoms with E-state index >= 15 is 0 Å². The molecule has 0 aromatic rings.